The number of ether oxygens (including phenoxy) is 1. The zero-order chi connectivity index (χ0) is 63.3. The van der Waals surface area contributed by atoms with Crippen LogP contribution in [0.3, 0.4) is 0 Å². The normalized spacial score (nSPS) is 18.2. The van der Waals surface area contributed by atoms with Gasteiger partial charge >= 0.3 is 0 Å². The average Bonchev–Trinajstić information content (AvgIpc) is 0.955. The van der Waals surface area contributed by atoms with Crippen LogP contribution >= 0.6 is 0 Å². The summed E-state index contributed by atoms with van der Waals surface area (Å²) in [5.41, 5.74) is 16.5. The van der Waals surface area contributed by atoms with E-state index in [1.54, 1.807) is 51.6 Å². The molecule has 8 aromatic carbocycles. The van der Waals surface area contributed by atoms with Crippen LogP contribution < -0.4 is 4.74 Å². The van der Waals surface area contributed by atoms with E-state index >= 15 is 0 Å². The first-order valence-corrected chi connectivity index (χ1v) is 39.4. The van der Waals surface area contributed by atoms with Crippen LogP contribution in [0.2, 0.25) is 0 Å². The summed E-state index contributed by atoms with van der Waals surface area (Å²) in [7, 11) is 1.58. The van der Waals surface area contributed by atoms with Gasteiger partial charge in [0, 0.05) is 6.07 Å². The van der Waals surface area contributed by atoms with Gasteiger partial charge in [0.05, 0.1) is 28.9 Å². The minimum absolute atomic E-state index is 0.0146. The molecule has 484 valence electrons. The summed E-state index contributed by atoms with van der Waals surface area (Å²) in [6.07, 6.45) is 43.6. The van der Waals surface area contributed by atoms with E-state index in [0.717, 1.165) is 41.3 Å². The second-order valence-corrected chi connectivity index (χ2v) is 32.6. The maximum atomic E-state index is 5.43. The fourth-order valence-corrected chi connectivity index (χ4v) is 21.4. The van der Waals surface area contributed by atoms with Crippen LogP contribution in [-0.2, 0) is 21.8 Å². The molecule has 0 aliphatic heterocycles. The second kappa shape index (κ2) is 35.1. The summed E-state index contributed by atoms with van der Waals surface area (Å²) in [5, 5.41) is 0. The molecule has 0 radical (unpaired) electrons. The molecule has 6 saturated carbocycles. The van der Waals surface area contributed by atoms with E-state index in [1.807, 2.05) is 6.07 Å². The third-order valence-corrected chi connectivity index (χ3v) is 26.4. The van der Waals surface area contributed by atoms with Crippen molar-refractivity contribution in [2.75, 3.05) is 7.11 Å². The quantitative estimate of drug-likeness (QED) is 0.105. The monoisotopic (exact) mass is 1260 g/mol. The molecule has 1 nitrogen and oxygen atoms in total. The molecule has 0 bridgehead atoms. The molecule has 6 aliphatic carbocycles. The van der Waals surface area contributed by atoms with Gasteiger partial charge in [0.15, 0.2) is 29.4 Å². The van der Waals surface area contributed by atoms with Crippen LogP contribution in [0.5, 0.6) is 5.75 Å². The van der Waals surface area contributed by atoms with Crippen molar-refractivity contribution in [1.29, 1.82) is 0 Å². The lowest BCUT2D eigenvalue weighted by Gasteiger charge is -2.31. The maximum Gasteiger partial charge on any atom is 0.170 e. The Morgan fingerprint density at radius 2 is 0.500 bits per heavy atom. The van der Waals surface area contributed by atoms with Gasteiger partial charge in [-0.2, -0.15) is 0 Å². The van der Waals surface area contributed by atoms with Crippen LogP contribution in [0.1, 0.15) is 284 Å². The van der Waals surface area contributed by atoms with Crippen LogP contribution in [0.25, 0.3) is 0 Å². The van der Waals surface area contributed by atoms with E-state index in [2.05, 4.69) is 210 Å². The SMILES string of the molecule is COc1cccc([S+](c2cccc(C)c2)c2cccc(C)c2)c1.Cc1c(C2CCCCC2)cc(C2CCCCC2)cc1C1CCCCC1.Cc1c(C2CCCCC2)cc(C2CCCCC2)cc1C1CCCCC1.c1ccc([S+](c2ccccc2)c2ccccc2)cc1. The largest absolute Gasteiger partial charge is 0.497 e. The van der Waals surface area contributed by atoms with Crippen LogP contribution in [0.15, 0.2) is 217 Å². The first kappa shape index (κ1) is 67.7. The van der Waals surface area contributed by atoms with Crippen molar-refractivity contribution in [3.8, 4) is 5.75 Å². The topological polar surface area (TPSA) is 9.23 Å². The Kier molecular flexibility index (Phi) is 25.8. The summed E-state index contributed by atoms with van der Waals surface area (Å²) in [6.45, 7) is 9.23. The molecule has 0 saturated heterocycles. The number of benzene rings is 8. The fraction of sp³-hybridized carbons (Fsp3) is 0.461. The van der Waals surface area contributed by atoms with Gasteiger partial charge in [-0.3, -0.25) is 0 Å². The zero-order valence-corrected chi connectivity index (χ0v) is 58.9. The Morgan fingerprint density at radius 3 is 0.783 bits per heavy atom. The molecule has 3 heteroatoms. The van der Waals surface area contributed by atoms with Crippen molar-refractivity contribution in [1.82, 2.24) is 0 Å². The van der Waals surface area contributed by atoms with Gasteiger partial charge in [-0.25, -0.2) is 0 Å². The number of methoxy groups -OCH3 is 1. The van der Waals surface area contributed by atoms with Crippen LogP contribution in [-0.4, -0.2) is 7.11 Å². The second-order valence-electron chi connectivity index (χ2n) is 28.5. The molecule has 0 aromatic heterocycles. The third-order valence-electron chi connectivity index (χ3n) is 22.0. The molecule has 6 aliphatic rings. The first-order chi connectivity index (χ1) is 45.3. The van der Waals surface area contributed by atoms with E-state index in [0.29, 0.717) is 0 Å². The van der Waals surface area contributed by atoms with Gasteiger partial charge in [-0.05, 0) is 269 Å². The molecule has 0 unspecified atom stereocenters. The Labute approximate surface area is 564 Å². The zero-order valence-electron chi connectivity index (χ0n) is 57.3. The Hall–Kier alpha value is -5.74. The van der Waals surface area contributed by atoms with E-state index in [9.17, 15) is 0 Å². The molecule has 92 heavy (non-hydrogen) atoms. The highest BCUT2D eigenvalue weighted by Gasteiger charge is 2.32. The lowest BCUT2D eigenvalue weighted by molar-refractivity contribution is 0.413. The molecule has 0 heterocycles. The van der Waals surface area contributed by atoms with E-state index in [-0.39, 0.29) is 21.8 Å². The highest BCUT2D eigenvalue weighted by molar-refractivity contribution is 7.97. The van der Waals surface area contributed by atoms with Gasteiger partial charge in [-0.1, -0.05) is 225 Å². The molecule has 0 atom stereocenters. The summed E-state index contributed by atoms with van der Waals surface area (Å²) in [5.74, 6) is 6.07. The summed E-state index contributed by atoms with van der Waals surface area (Å²) >= 11 is 0. The van der Waals surface area contributed by atoms with Gasteiger partial charge in [0.2, 0.25) is 0 Å². The first-order valence-electron chi connectivity index (χ1n) is 37.0. The number of hydrogen-bond donors (Lipinski definition) is 0. The molecule has 8 aromatic rings. The lowest BCUT2D eigenvalue weighted by Crippen LogP contribution is -2.14. The molecule has 0 spiro atoms. The Bertz CT molecular complexity index is 3140. The van der Waals surface area contributed by atoms with Gasteiger partial charge < -0.3 is 4.74 Å². The summed E-state index contributed by atoms with van der Waals surface area (Å²) in [6, 6.07) is 68.9. The predicted molar refractivity (Wildman–Crippen MR) is 396 cm³/mol. The standard InChI is InChI=1S/2C25H38.C21H21OS.C18H15S/c2*1-19-24(21-13-7-3-8-14-21)17-23(20-11-5-2-6-12-20)18-25(19)22-15-9-4-10-16-22;1-16-7-4-10-19(13-16)23(20-11-5-8-17(2)14-20)21-12-6-9-18(15-21)22-3;1-4-10-16(11-5-1)19(17-12-6-2-7-13-17)18-14-8-3-9-15-18/h2*17-18,20-22H,2-16H2,1H3;4-15H,1-3H3;1-15H/q;;2*+1. The molecule has 0 N–H and O–H groups in total. The highest BCUT2D eigenvalue weighted by Crippen LogP contribution is 2.46. The molecule has 6 fully saturated rings. The molecule has 0 amide bonds. The van der Waals surface area contributed by atoms with Crippen LogP contribution in [0.4, 0.5) is 0 Å². The summed E-state index contributed by atoms with van der Waals surface area (Å²) < 4.78 is 5.43. The molecule has 14 rings (SSSR count). The lowest BCUT2D eigenvalue weighted by atomic mass is 9.74. The minimum atomic E-state index is -0.127. The van der Waals surface area contributed by atoms with Gasteiger partial charge in [0.1, 0.15) is 5.75 Å². The van der Waals surface area contributed by atoms with Crippen molar-refractivity contribution in [2.45, 2.75) is 285 Å². The maximum absolute atomic E-state index is 5.43. The molecular formula is C89H112OS2+2. The smallest absolute Gasteiger partial charge is 0.170 e. The minimum Gasteiger partial charge on any atom is -0.497 e. The number of aryl methyl sites for hydroxylation is 2. The fourth-order valence-electron chi connectivity index (χ4n) is 17.0. The van der Waals surface area contributed by atoms with E-state index in [1.165, 1.54) is 233 Å². The average molecular weight is 1260 g/mol. The van der Waals surface area contributed by atoms with Gasteiger partial charge in [0.25, 0.3) is 0 Å². The van der Waals surface area contributed by atoms with Crippen LogP contribution in [0, 0.1) is 27.7 Å². The highest BCUT2D eigenvalue weighted by atomic mass is 32.2. The van der Waals surface area contributed by atoms with E-state index < -0.39 is 0 Å². The Morgan fingerprint density at radius 1 is 0.250 bits per heavy atom. The Balaban J connectivity index is 0.000000126. The van der Waals surface area contributed by atoms with E-state index in [4.69, 9.17) is 4.74 Å². The van der Waals surface area contributed by atoms with Crippen molar-refractivity contribution in [3.63, 3.8) is 0 Å². The van der Waals surface area contributed by atoms with Crippen molar-refractivity contribution in [2.24, 2.45) is 0 Å². The van der Waals surface area contributed by atoms with Crippen molar-refractivity contribution < 1.29 is 4.74 Å². The third kappa shape index (κ3) is 18.4. The van der Waals surface area contributed by atoms with Gasteiger partial charge in [-0.15, -0.1) is 0 Å². The van der Waals surface area contributed by atoms with Crippen molar-refractivity contribution >= 4 is 21.8 Å². The number of hydrogen-bond acceptors (Lipinski definition) is 1. The van der Waals surface area contributed by atoms with Crippen molar-refractivity contribution in [3.05, 3.63) is 244 Å². The predicted octanol–water partition coefficient (Wildman–Crippen LogP) is 26.5. The summed E-state index contributed by atoms with van der Waals surface area (Å²) in [4.78, 5) is 8.04. The molecular weight excluding hydrogens is 1150 g/mol. The number of rotatable bonds is 13.